The van der Waals surface area contributed by atoms with E-state index < -0.39 is 0 Å². The third-order valence-corrected chi connectivity index (χ3v) is 4.14. The van der Waals surface area contributed by atoms with Gasteiger partial charge in [0.05, 0.1) is 0 Å². The average molecular weight is 5820 g/mol. The Labute approximate surface area is 2090 Å². The third kappa shape index (κ3) is 329. The molecule has 312 valence electrons. The summed E-state index contributed by atoms with van der Waals surface area (Å²) < 4.78 is 0. The molecule has 2 aromatic carbocycles. The minimum atomic E-state index is 0. The van der Waals surface area contributed by atoms with Gasteiger partial charge in [-0.3, -0.25) is 0 Å². The van der Waals surface area contributed by atoms with E-state index in [1.165, 1.54) is 56.5 Å². The summed E-state index contributed by atoms with van der Waals surface area (Å²) in [6, 6.07) is 20.0. The van der Waals surface area contributed by atoms with Crippen molar-refractivity contribution in [1.82, 2.24) is 0 Å². The van der Waals surface area contributed by atoms with Gasteiger partial charge < -0.3 is 17.9 Å². The molecule has 2 nitrogen and oxygen atoms in total. The van der Waals surface area contributed by atoms with Crippen LogP contribution in [0.1, 0.15) is 48.3 Å². The Morgan fingerprint density at radius 1 is 0.224 bits per heavy atom. The molecule has 0 aliphatic heterocycles. The summed E-state index contributed by atoms with van der Waals surface area (Å²) >= 11 is 0. The van der Waals surface area contributed by atoms with Gasteiger partial charge in [-0.15, -0.1) is 0 Å². The molecule has 0 unspecified atom stereocenters. The van der Waals surface area contributed by atoms with E-state index in [9.17, 15) is 0 Å². The van der Waals surface area contributed by atoms with Crippen molar-refractivity contribution in [2.75, 3.05) is 14.1 Å². The van der Waals surface area contributed by atoms with Crippen LogP contribution < -0.4 is 11.5 Å². The quantitative estimate of drug-likeness (QED) is 0.455. The largest absolute Gasteiger partial charge is 0.333 e. The van der Waals surface area contributed by atoms with Crippen molar-refractivity contribution in [2.24, 2.45) is 11.5 Å². The van der Waals surface area contributed by atoms with Gasteiger partial charge in [-0.2, -0.15) is 12.8 Å². The van der Waals surface area contributed by atoms with Crippen LogP contribution in [0.25, 0.3) is 0 Å². The predicted octanol–water partition coefficient (Wildman–Crippen LogP) is 4.13. The molecule has 64 heteroatoms. The number of benzene rings is 2. The van der Waals surface area contributed by atoms with Gasteiger partial charge in [-0.1, -0.05) is 67.4 Å². The standard InChI is InChI=1S/C19H21.2CH5N.62Y/c1-3-7-16(8-4-1)15-17-11-13-19(14-12-17)18-9-5-2-6-10-18;2*1-2;;;;;;;;;;;;;;;;;;;;;;;;;;;;;;;;;;;;;;;;;;;;;;;;;;;;;;;;;;;;;;/h1-4,7-8,11-14,18H,5-6,9-10,15H2;2*2H2,1H3;;;;;;;;;;;;;;;;;;;;;;;;;;;;;;;;;;;;;;;;;;;;;;;;;;;;;;;;;;;;;;/q-1;;;;;;;;;;;;;;;;;;;;;;;;;;;;;;;;;;;;;;;;;;;;;;;;;;;;;;;;;;;;;;;;. The molecule has 0 bridgehead atoms. The van der Waals surface area contributed by atoms with E-state index in [4.69, 9.17) is 0 Å². The normalized spacial score (nSPS) is 3.81. The zero-order valence-electron chi connectivity index (χ0n) is 50.3. The van der Waals surface area contributed by atoms with Crippen LogP contribution in [0.15, 0.2) is 54.6 Å². The molecule has 62 radical (unpaired) electrons. The van der Waals surface area contributed by atoms with Gasteiger partial charge in [0.25, 0.3) is 0 Å². The summed E-state index contributed by atoms with van der Waals surface area (Å²) in [5.41, 5.74) is 13.3. The maximum atomic E-state index is 4.50. The van der Waals surface area contributed by atoms with Crippen molar-refractivity contribution in [1.29, 1.82) is 0 Å². The fourth-order valence-corrected chi connectivity index (χ4v) is 3.00. The number of nitrogens with two attached hydrogens (primary N) is 2. The van der Waals surface area contributed by atoms with Gasteiger partial charge in [0.2, 0.25) is 0 Å². The fraction of sp³-hybridized carbons (Fsp3) is 0.381. The van der Waals surface area contributed by atoms with Crippen LogP contribution in [0.5, 0.6) is 0 Å². The van der Waals surface area contributed by atoms with Gasteiger partial charge in [-0.05, 0) is 43.1 Å². The van der Waals surface area contributed by atoms with Crippen molar-refractivity contribution in [3.63, 3.8) is 0 Å². The molecule has 1 aliphatic rings. The van der Waals surface area contributed by atoms with E-state index in [-0.39, 0.29) is 2030 Å². The topological polar surface area (TPSA) is 52.0 Å². The first-order valence-electron chi connectivity index (χ1n) is 8.52. The van der Waals surface area contributed by atoms with Crippen molar-refractivity contribution in [3.8, 4) is 0 Å². The first kappa shape index (κ1) is 428. The third-order valence-electron chi connectivity index (χ3n) is 4.14. The summed E-state index contributed by atoms with van der Waals surface area (Å²) in [6.45, 7) is 0. The molecule has 1 saturated carbocycles. The van der Waals surface area contributed by atoms with Gasteiger partial charge in [0.15, 0.2) is 0 Å². The molecule has 4 N–H and O–H groups in total. The summed E-state index contributed by atoms with van der Waals surface area (Å²) in [6.07, 6.45) is 8.71. The summed E-state index contributed by atoms with van der Waals surface area (Å²) in [5, 5.41) is 0. The van der Waals surface area contributed by atoms with Gasteiger partial charge in [0.1, 0.15) is 0 Å². The van der Waals surface area contributed by atoms with Crippen molar-refractivity contribution in [3.05, 3.63) is 77.7 Å². The Balaban J connectivity index is -0.00000000131. The molecule has 0 atom stereocenters. The fourth-order valence-electron chi connectivity index (χ4n) is 3.00. The summed E-state index contributed by atoms with van der Waals surface area (Å²) in [5.74, 6) is 0.788. The molecule has 85 heavy (non-hydrogen) atoms. The van der Waals surface area contributed by atoms with E-state index in [1.807, 2.05) is 0 Å². The van der Waals surface area contributed by atoms with Crippen LogP contribution in [-0.2, 0) is 2030 Å². The SMILES string of the molecule is CN.CN.[Y].[Y].[Y].[Y].[Y].[Y].[Y].[Y].[Y].[Y].[Y].[Y].[Y].[Y].[Y].[Y].[Y].[Y].[Y].[Y].[Y].[Y].[Y].[Y].[Y].[Y].[Y].[Y].[Y].[Y].[Y].[Y].[Y].[Y].[Y].[Y].[Y].[Y].[Y].[Y].[Y].[Y].[Y].[Y].[Y].[Y].[Y].[Y].[Y].[Y].[Y].[Y].[Y].[Y].[Y].[Y].[Y].[Y].[Y].[Y].[Y].[Y].c1ccc(Cc2ccc(C3CC[CH-]CC3)cc2)cc1. The molecule has 1 fully saturated rings. The molecule has 0 spiro atoms. The molecule has 0 aromatic heterocycles. The first-order valence-corrected chi connectivity index (χ1v) is 8.52. The number of hydrogen-bond acceptors (Lipinski definition) is 2. The maximum Gasteiger partial charge on any atom is 0 e. The van der Waals surface area contributed by atoms with E-state index in [0.717, 1.165) is 12.3 Å². The van der Waals surface area contributed by atoms with Gasteiger partial charge >= 0.3 is 0 Å². The average Bonchev–Trinajstić information content (AvgIpc) is 2.67. The molecular weight excluding hydrogens is 5790 g/mol. The molecule has 1 aliphatic carbocycles. The van der Waals surface area contributed by atoms with E-state index in [0.29, 0.717) is 0 Å². The molecule has 0 heterocycles. The van der Waals surface area contributed by atoms with Gasteiger partial charge in [-0.25, -0.2) is 0 Å². The van der Waals surface area contributed by atoms with Crippen LogP contribution in [-0.4, -0.2) is 14.1 Å². The Morgan fingerprint density at radius 3 is 0.518 bits per heavy atom. The van der Waals surface area contributed by atoms with Crippen LogP contribution in [0.4, 0.5) is 0 Å². The van der Waals surface area contributed by atoms with Crippen molar-refractivity contribution in [2.45, 2.75) is 38.0 Å². The minimum absolute atomic E-state index is 0. The second-order valence-electron chi connectivity index (χ2n) is 5.54. The number of hydrogen-bond donors (Lipinski definition) is 2. The second-order valence-corrected chi connectivity index (χ2v) is 5.54. The zero-order valence-corrected chi connectivity index (χ0v) is 226. The van der Waals surface area contributed by atoms with Crippen molar-refractivity contribution < 1.29 is 2030 Å². The zero-order chi connectivity index (χ0) is 16.9. The van der Waals surface area contributed by atoms with Gasteiger partial charge in [0, 0.05) is 2030 Å². The smallest absolute Gasteiger partial charge is 0 e. The molecular formula is C21H31N2Y62-. The Kier molecular flexibility index (Phi) is 1940. The molecule has 0 amide bonds. The Bertz CT molecular complexity index is 571. The monoisotopic (exact) mass is 5820 g/mol. The maximum absolute atomic E-state index is 4.50. The van der Waals surface area contributed by atoms with Crippen molar-refractivity contribution >= 4 is 0 Å². The molecule has 3 rings (SSSR count). The van der Waals surface area contributed by atoms with E-state index in [1.54, 1.807) is 0 Å². The molecule has 0 saturated heterocycles. The Hall–Kier alpha value is 66.8. The van der Waals surface area contributed by atoms with E-state index >= 15 is 0 Å². The van der Waals surface area contributed by atoms with Crippen LogP contribution in [0.2, 0.25) is 0 Å². The summed E-state index contributed by atoms with van der Waals surface area (Å²) in [7, 11) is 3.00. The second kappa shape index (κ2) is 385. The first-order chi connectivity index (χ1) is 11.4. The summed E-state index contributed by atoms with van der Waals surface area (Å²) in [4.78, 5) is 0. The van der Waals surface area contributed by atoms with Crippen LogP contribution in [0, 0.1) is 6.42 Å². The predicted molar refractivity (Wildman–Crippen MR) is 101 cm³/mol. The minimum Gasteiger partial charge on any atom is -0.333 e. The van der Waals surface area contributed by atoms with E-state index in [2.05, 4.69) is 72.5 Å². The van der Waals surface area contributed by atoms with Crippen LogP contribution >= 0.6 is 0 Å². The number of rotatable bonds is 3. The Morgan fingerprint density at radius 2 is 0.365 bits per heavy atom. The molecule has 2 aromatic rings. The van der Waals surface area contributed by atoms with Crippen LogP contribution in [0.3, 0.4) is 0 Å².